The van der Waals surface area contributed by atoms with E-state index in [4.69, 9.17) is 14.4 Å². The number of hydrogen-bond acceptors (Lipinski definition) is 4. The summed E-state index contributed by atoms with van der Waals surface area (Å²) in [5, 5.41) is 12.4. The van der Waals surface area contributed by atoms with E-state index in [9.17, 15) is 5.11 Å². The molecule has 0 aliphatic heterocycles. The van der Waals surface area contributed by atoms with Gasteiger partial charge in [0.1, 0.15) is 11.3 Å². The van der Waals surface area contributed by atoms with E-state index in [0.29, 0.717) is 11.5 Å². The van der Waals surface area contributed by atoms with Gasteiger partial charge < -0.3 is 9.52 Å². The second kappa shape index (κ2) is 7.40. The summed E-state index contributed by atoms with van der Waals surface area (Å²) < 4.78 is 6.07. The maximum atomic E-state index is 10.4. The highest BCUT2D eigenvalue weighted by Gasteiger charge is 2.12. The van der Waals surface area contributed by atoms with E-state index in [2.05, 4.69) is 13.0 Å². The van der Waals surface area contributed by atoms with Crippen molar-refractivity contribution in [2.24, 2.45) is 4.99 Å². The Morgan fingerprint density at radius 3 is 2.61 bits per heavy atom. The average molecular weight is 406 g/mol. The van der Waals surface area contributed by atoms with Gasteiger partial charge in [-0.15, -0.1) is 0 Å². The highest BCUT2D eigenvalue weighted by atomic mass is 16.3. The lowest BCUT2D eigenvalue weighted by atomic mass is 10.0. The molecule has 0 aliphatic carbocycles. The summed E-state index contributed by atoms with van der Waals surface area (Å²) in [4.78, 5) is 9.39. The van der Waals surface area contributed by atoms with Crippen LogP contribution >= 0.6 is 0 Å². The third-order valence-corrected chi connectivity index (χ3v) is 5.56. The summed E-state index contributed by atoms with van der Waals surface area (Å²) in [6.45, 7) is 6.10. The highest BCUT2D eigenvalue weighted by Crippen LogP contribution is 2.32. The van der Waals surface area contributed by atoms with Crippen molar-refractivity contribution < 1.29 is 9.52 Å². The van der Waals surface area contributed by atoms with E-state index in [1.54, 1.807) is 12.3 Å². The fraction of sp³-hybridized carbons (Fsp3) is 0.111. The Morgan fingerprint density at radius 2 is 1.74 bits per heavy atom. The zero-order valence-electron chi connectivity index (χ0n) is 17.7. The monoisotopic (exact) mass is 406 g/mol. The summed E-state index contributed by atoms with van der Waals surface area (Å²) in [6.07, 6.45) is 1.73. The molecule has 5 aromatic rings. The first kappa shape index (κ1) is 19.1. The highest BCUT2D eigenvalue weighted by molar-refractivity contribution is 6.03. The van der Waals surface area contributed by atoms with E-state index in [1.165, 1.54) is 0 Å². The average Bonchev–Trinajstić information content (AvgIpc) is 3.18. The van der Waals surface area contributed by atoms with E-state index >= 15 is 0 Å². The first-order valence-corrected chi connectivity index (χ1v) is 10.2. The smallest absolute Gasteiger partial charge is 0.227 e. The van der Waals surface area contributed by atoms with Gasteiger partial charge in [-0.25, -0.2) is 4.98 Å². The number of benzene rings is 4. The van der Waals surface area contributed by atoms with Gasteiger partial charge in [0.15, 0.2) is 5.58 Å². The van der Waals surface area contributed by atoms with Gasteiger partial charge in [0, 0.05) is 17.3 Å². The largest absolute Gasteiger partial charge is 0.507 e. The first-order chi connectivity index (χ1) is 15.0. The van der Waals surface area contributed by atoms with Crippen LogP contribution in [-0.4, -0.2) is 16.3 Å². The van der Waals surface area contributed by atoms with Crippen molar-refractivity contribution in [1.29, 1.82) is 0 Å². The summed E-state index contributed by atoms with van der Waals surface area (Å²) in [5.41, 5.74) is 7.32. The van der Waals surface area contributed by atoms with Crippen LogP contribution in [0.15, 0.2) is 76.1 Å². The van der Waals surface area contributed by atoms with Crippen molar-refractivity contribution in [3.8, 4) is 17.2 Å². The van der Waals surface area contributed by atoms with Gasteiger partial charge >= 0.3 is 0 Å². The van der Waals surface area contributed by atoms with Crippen molar-refractivity contribution in [2.75, 3.05) is 0 Å². The Morgan fingerprint density at radius 1 is 0.903 bits per heavy atom. The van der Waals surface area contributed by atoms with Crippen LogP contribution in [0.3, 0.4) is 0 Å². The molecule has 0 atom stereocenters. The zero-order valence-corrected chi connectivity index (χ0v) is 17.7. The molecule has 1 heterocycles. The second-order valence-electron chi connectivity index (χ2n) is 7.93. The molecule has 31 heavy (non-hydrogen) atoms. The predicted octanol–water partition coefficient (Wildman–Crippen LogP) is 7.03. The molecule has 152 valence electrons. The van der Waals surface area contributed by atoms with Gasteiger partial charge in [-0.2, -0.15) is 0 Å². The minimum atomic E-state index is 0.209. The molecule has 5 rings (SSSR count). The van der Waals surface area contributed by atoms with Crippen LogP contribution < -0.4 is 0 Å². The zero-order chi connectivity index (χ0) is 21.5. The number of aromatic nitrogens is 1. The van der Waals surface area contributed by atoms with Gasteiger partial charge in [-0.3, -0.25) is 4.99 Å². The lowest BCUT2D eigenvalue weighted by molar-refractivity contribution is 0.475. The molecule has 0 bridgehead atoms. The van der Waals surface area contributed by atoms with Crippen LogP contribution in [0.2, 0.25) is 0 Å². The topological polar surface area (TPSA) is 58.6 Å². The molecule has 4 heteroatoms. The minimum absolute atomic E-state index is 0.209. The molecule has 1 N–H and O–H groups in total. The molecular formula is C27H22N2O2. The molecule has 0 unspecified atom stereocenters. The van der Waals surface area contributed by atoms with Crippen molar-refractivity contribution in [1.82, 2.24) is 4.98 Å². The van der Waals surface area contributed by atoms with Gasteiger partial charge in [-0.1, -0.05) is 42.5 Å². The number of aryl methyl sites for hydroxylation is 3. The van der Waals surface area contributed by atoms with Gasteiger partial charge in [-0.05, 0) is 72.5 Å². The van der Waals surface area contributed by atoms with Gasteiger partial charge in [0.25, 0.3) is 0 Å². The standard InChI is InChI=1S/C27H22N2O2/c1-16-12-18(3)26-24(13-16)29-27(31-26)20-9-8-17(2)23(14-20)28-15-22-21-7-5-4-6-19(21)10-11-25(22)30/h4-15,30H,1-3H3. The molecule has 4 aromatic carbocycles. The SMILES string of the molecule is Cc1cc(C)c2oc(-c3ccc(C)c(N=Cc4c(O)ccc5ccccc45)c3)nc2c1. The molecule has 0 saturated heterocycles. The predicted molar refractivity (Wildman–Crippen MR) is 127 cm³/mol. The number of hydrogen-bond donors (Lipinski definition) is 1. The second-order valence-corrected chi connectivity index (χ2v) is 7.93. The molecule has 0 radical (unpaired) electrons. The number of nitrogens with zero attached hydrogens (tertiary/aromatic N) is 2. The van der Waals surface area contributed by atoms with Gasteiger partial charge in [0.05, 0.1) is 5.69 Å². The first-order valence-electron chi connectivity index (χ1n) is 10.2. The quantitative estimate of drug-likeness (QED) is 0.327. The third-order valence-electron chi connectivity index (χ3n) is 5.56. The van der Waals surface area contributed by atoms with Crippen molar-refractivity contribution in [3.05, 3.63) is 89.0 Å². The number of aliphatic imine (C=N–C) groups is 1. The lowest BCUT2D eigenvalue weighted by Gasteiger charge is -2.06. The fourth-order valence-electron chi connectivity index (χ4n) is 3.94. The van der Waals surface area contributed by atoms with Crippen molar-refractivity contribution >= 4 is 33.8 Å². The maximum absolute atomic E-state index is 10.4. The van der Waals surface area contributed by atoms with E-state index in [0.717, 1.165) is 49.8 Å². The molecule has 4 nitrogen and oxygen atoms in total. The van der Waals surface area contributed by atoms with Crippen LogP contribution in [0, 0.1) is 20.8 Å². The Balaban J connectivity index is 1.57. The minimum Gasteiger partial charge on any atom is -0.507 e. The normalized spacial score (nSPS) is 11.7. The van der Waals surface area contributed by atoms with Crippen LogP contribution in [-0.2, 0) is 0 Å². The maximum Gasteiger partial charge on any atom is 0.227 e. The Labute approximate surface area is 180 Å². The van der Waals surface area contributed by atoms with Crippen LogP contribution in [0.5, 0.6) is 5.75 Å². The van der Waals surface area contributed by atoms with E-state index in [-0.39, 0.29) is 5.75 Å². The Kier molecular flexibility index (Phi) is 4.55. The molecular weight excluding hydrogens is 384 g/mol. The molecule has 0 amide bonds. The summed E-state index contributed by atoms with van der Waals surface area (Å²) >= 11 is 0. The molecule has 0 aliphatic rings. The van der Waals surface area contributed by atoms with Crippen LogP contribution in [0.1, 0.15) is 22.3 Å². The van der Waals surface area contributed by atoms with Crippen LogP contribution in [0.4, 0.5) is 5.69 Å². The molecule has 1 aromatic heterocycles. The van der Waals surface area contributed by atoms with E-state index in [1.807, 2.05) is 68.4 Å². The fourth-order valence-corrected chi connectivity index (χ4v) is 3.94. The Bertz CT molecular complexity index is 1480. The molecule has 0 spiro atoms. The number of rotatable bonds is 3. The van der Waals surface area contributed by atoms with E-state index < -0.39 is 0 Å². The third kappa shape index (κ3) is 3.46. The number of phenols is 1. The van der Waals surface area contributed by atoms with Crippen molar-refractivity contribution in [2.45, 2.75) is 20.8 Å². The summed E-state index contributed by atoms with van der Waals surface area (Å²) in [7, 11) is 0. The van der Waals surface area contributed by atoms with Crippen molar-refractivity contribution in [3.63, 3.8) is 0 Å². The molecule has 0 saturated carbocycles. The van der Waals surface area contributed by atoms with Gasteiger partial charge in [0.2, 0.25) is 5.89 Å². The van der Waals surface area contributed by atoms with Crippen LogP contribution in [0.25, 0.3) is 33.3 Å². The Hall–Kier alpha value is -3.92. The lowest BCUT2D eigenvalue weighted by Crippen LogP contribution is -1.87. The number of fused-ring (bicyclic) bond motifs is 2. The number of phenolic OH excluding ortho intramolecular Hbond substituents is 1. The summed E-state index contributed by atoms with van der Waals surface area (Å²) in [6, 6.07) is 21.7. The number of oxazole rings is 1. The molecule has 0 fully saturated rings. The number of aromatic hydroxyl groups is 1. The summed E-state index contributed by atoms with van der Waals surface area (Å²) in [5.74, 6) is 0.786.